The molecule has 5 heteroatoms. The minimum Gasteiger partial charge on any atom is -0.382 e. The zero-order chi connectivity index (χ0) is 9.26. The van der Waals surface area contributed by atoms with Crippen molar-refractivity contribution in [1.82, 2.24) is 14.8 Å². The van der Waals surface area contributed by atoms with Crippen molar-refractivity contribution in [3.8, 4) is 5.69 Å². The molecule has 13 heavy (non-hydrogen) atoms. The van der Waals surface area contributed by atoms with Gasteiger partial charge in [0.25, 0.3) is 0 Å². The Labute approximate surface area is 83.5 Å². The molecule has 0 aromatic carbocycles. The molecule has 0 saturated carbocycles. The quantitative estimate of drug-likeness (QED) is 0.822. The molecule has 0 unspecified atom stereocenters. The molecular formula is C8H7BrN4. The summed E-state index contributed by atoms with van der Waals surface area (Å²) in [5.41, 5.74) is 6.46. The number of nitrogens with two attached hydrogens (primary N) is 1. The molecule has 0 spiro atoms. The molecule has 2 aromatic heterocycles. The van der Waals surface area contributed by atoms with Crippen LogP contribution in [0.4, 0.5) is 5.82 Å². The van der Waals surface area contributed by atoms with Crippen LogP contribution in [0.5, 0.6) is 0 Å². The van der Waals surface area contributed by atoms with E-state index >= 15 is 0 Å². The van der Waals surface area contributed by atoms with Gasteiger partial charge in [0, 0.05) is 12.4 Å². The van der Waals surface area contributed by atoms with Gasteiger partial charge in [-0.25, -0.2) is 9.67 Å². The van der Waals surface area contributed by atoms with Crippen molar-refractivity contribution in [3.63, 3.8) is 0 Å². The molecule has 0 aliphatic heterocycles. The van der Waals surface area contributed by atoms with Gasteiger partial charge in [-0.3, -0.25) is 0 Å². The van der Waals surface area contributed by atoms with Crippen LogP contribution >= 0.6 is 15.9 Å². The number of hydrogen-bond donors (Lipinski definition) is 1. The van der Waals surface area contributed by atoms with E-state index in [2.05, 4.69) is 26.0 Å². The highest BCUT2D eigenvalue weighted by Crippen LogP contribution is 2.15. The van der Waals surface area contributed by atoms with Crippen molar-refractivity contribution >= 4 is 21.7 Å². The van der Waals surface area contributed by atoms with Gasteiger partial charge in [0.1, 0.15) is 11.5 Å². The maximum atomic E-state index is 5.67. The summed E-state index contributed by atoms with van der Waals surface area (Å²) in [5.74, 6) is 0.470. The minimum absolute atomic E-state index is 0.470. The third-order valence-corrected chi connectivity index (χ3v) is 2.02. The smallest absolute Gasteiger partial charge is 0.149 e. The van der Waals surface area contributed by atoms with E-state index in [-0.39, 0.29) is 0 Å². The van der Waals surface area contributed by atoms with Crippen LogP contribution in [0, 0.1) is 0 Å². The lowest BCUT2D eigenvalue weighted by molar-refractivity contribution is 0.877. The number of aromatic nitrogens is 3. The number of anilines is 1. The van der Waals surface area contributed by atoms with Gasteiger partial charge in [-0.2, -0.15) is 5.10 Å². The van der Waals surface area contributed by atoms with Gasteiger partial charge in [-0.05, 0) is 28.1 Å². The molecule has 2 heterocycles. The lowest BCUT2D eigenvalue weighted by Gasteiger charge is -2.02. The van der Waals surface area contributed by atoms with E-state index in [4.69, 9.17) is 5.73 Å². The first-order valence-corrected chi connectivity index (χ1v) is 4.48. The molecule has 0 aliphatic carbocycles. The fourth-order valence-electron chi connectivity index (χ4n) is 1.04. The second kappa shape index (κ2) is 3.18. The summed E-state index contributed by atoms with van der Waals surface area (Å²) in [6, 6.07) is 3.68. The zero-order valence-corrected chi connectivity index (χ0v) is 8.27. The van der Waals surface area contributed by atoms with Gasteiger partial charge >= 0.3 is 0 Å². The third kappa shape index (κ3) is 1.55. The maximum absolute atomic E-state index is 5.67. The summed E-state index contributed by atoms with van der Waals surface area (Å²) < 4.78 is 2.59. The Morgan fingerprint density at radius 2 is 2.31 bits per heavy atom. The van der Waals surface area contributed by atoms with Gasteiger partial charge in [0.2, 0.25) is 0 Å². The van der Waals surface area contributed by atoms with Crippen LogP contribution in [0.1, 0.15) is 0 Å². The van der Waals surface area contributed by atoms with Crippen LogP contribution in [-0.4, -0.2) is 14.8 Å². The highest BCUT2D eigenvalue weighted by molar-refractivity contribution is 9.10. The molecule has 4 nitrogen and oxygen atoms in total. The standard InChI is InChI=1S/C8H7BrN4/c9-6-4-12-13(5-6)7-2-1-3-11-8(7)10/h1-5H,(H2,10,11). The Morgan fingerprint density at radius 3 is 2.92 bits per heavy atom. The molecule has 0 fully saturated rings. The number of pyridine rings is 1. The van der Waals surface area contributed by atoms with Crippen LogP contribution < -0.4 is 5.73 Å². The Kier molecular flexibility index (Phi) is 2.02. The monoisotopic (exact) mass is 238 g/mol. The number of halogens is 1. The second-order valence-corrected chi connectivity index (χ2v) is 3.43. The summed E-state index contributed by atoms with van der Waals surface area (Å²) in [6.07, 6.45) is 5.18. The Hall–Kier alpha value is -1.36. The summed E-state index contributed by atoms with van der Waals surface area (Å²) in [6.45, 7) is 0. The van der Waals surface area contributed by atoms with Crippen molar-refractivity contribution in [1.29, 1.82) is 0 Å². The normalized spacial score (nSPS) is 10.2. The number of nitrogens with zero attached hydrogens (tertiary/aromatic N) is 3. The van der Waals surface area contributed by atoms with Crippen LogP contribution in [0.25, 0.3) is 5.69 Å². The van der Waals surface area contributed by atoms with E-state index in [1.807, 2.05) is 18.3 Å². The molecule has 0 saturated heterocycles. The van der Waals surface area contributed by atoms with E-state index in [1.54, 1.807) is 17.1 Å². The lowest BCUT2D eigenvalue weighted by atomic mass is 10.4. The fraction of sp³-hybridized carbons (Fsp3) is 0. The number of rotatable bonds is 1. The zero-order valence-electron chi connectivity index (χ0n) is 6.68. The molecule has 2 aromatic rings. The highest BCUT2D eigenvalue weighted by atomic mass is 79.9. The number of hydrogen-bond acceptors (Lipinski definition) is 3. The molecule has 0 atom stereocenters. The second-order valence-electron chi connectivity index (χ2n) is 2.51. The first kappa shape index (κ1) is 8.25. The molecule has 2 rings (SSSR count). The van der Waals surface area contributed by atoms with Crippen LogP contribution in [0.3, 0.4) is 0 Å². The van der Waals surface area contributed by atoms with Crippen molar-refractivity contribution < 1.29 is 0 Å². The van der Waals surface area contributed by atoms with E-state index in [0.717, 1.165) is 10.2 Å². The Balaban J connectivity index is 2.52. The van der Waals surface area contributed by atoms with Crippen molar-refractivity contribution in [2.24, 2.45) is 0 Å². The SMILES string of the molecule is Nc1ncccc1-n1cc(Br)cn1. The summed E-state index contributed by atoms with van der Waals surface area (Å²) in [7, 11) is 0. The predicted molar refractivity (Wildman–Crippen MR) is 53.5 cm³/mol. The molecule has 0 amide bonds. The molecule has 66 valence electrons. The van der Waals surface area contributed by atoms with Crippen LogP contribution in [0.15, 0.2) is 35.2 Å². The van der Waals surface area contributed by atoms with Crippen molar-refractivity contribution in [2.75, 3.05) is 5.73 Å². The largest absolute Gasteiger partial charge is 0.382 e. The first-order valence-electron chi connectivity index (χ1n) is 3.68. The van der Waals surface area contributed by atoms with Crippen molar-refractivity contribution in [3.05, 3.63) is 35.2 Å². The van der Waals surface area contributed by atoms with Gasteiger partial charge in [-0.15, -0.1) is 0 Å². The first-order chi connectivity index (χ1) is 6.27. The maximum Gasteiger partial charge on any atom is 0.149 e. The average molecular weight is 239 g/mol. The fourth-order valence-corrected chi connectivity index (χ4v) is 1.32. The van der Waals surface area contributed by atoms with E-state index in [9.17, 15) is 0 Å². The van der Waals surface area contributed by atoms with Gasteiger partial charge in [0.15, 0.2) is 0 Å². The summed E-state index contributed by atoms with van der Waals surface area (Å²) in [4.78, 5) is 3.97. The molecule has 0 radical (unpaired) electrons. The van der Waals surface area contributed by atoms with E-state index in [0.29, 0.717) is 5.82 Å². The Bertz CT molecular complexity index is 424. The summed E-state index contributed by atoms with van der Waals surface area (Å²) >= 11 is 3.31. The van der Waals surface area contributed by atoms with E-state index < -0.39 is 0 Å². The van der Waals surface area contributed by atoms with E-state index in [1.165, 1.54) is 0 Å². The molecule has 0 bridgehead atoms. The summed E-state index contributed by atoms with van der Waals surface area (Å²) in [5, 5.41) is 4.10. The van der Waals surface area contributed by atoms with Crippen LogP contribution in [-0.2, 0) is 0 Å². The molecule has 0 aliphatic rings. The van der Waals surface area contributed by atoms with Gasteiger partial charge in [-0.1, -0.05) is 0 Å². The molecule has 2 N–H and O–H groups in total. The van der Waals surface area contributed by atoms with Gasteiger partial charge < -0.3 is 5.73 Å². The molecular weight excluding hydrogens is 232 g/mol. The Morgan fingerprint density at radius 1 is 1.46 bits per heavy atom. The highest BCUT2D eigenvalue weighted by Gasteiger charge is 2.02. The minimum atomic E-state index is 0.470. The van der Waals surface area contributed by atoms with Crippen LogP contribution in [0.2, 0.25) is 0 Å². The average Bonchev–Trinajstić information content (AvgIpc) is 2.53. The lowest BCUT2D eigenvalue weighted by Crippen LogP contribution is -2.01. The predicted octanol–water partition coefficient (Wildman–Crippen LogP) is 1.61. The topological polar surface area (TPSA) is 56.7 Å². The van der Waals surface area contributed by atoms with Gasteiger partial charge in [0.05, 0.1) is 10.7 Å². The number of nitrogen functional groups attached to an aromatic ring is 1. The van der Waals surface area contributed by atoms with Crippen molar-refractivity contribution in [2.45, 2.75) is 0 Å². The third-order valence-electron chi connectivity index (χ3n) is 1.61.